The lowest BCUT2D eigenvalue weighted by molar-refractivity contribution is -0.242. The van der Waals surface area contributed by atoms with Gasteiger partial charge in [-0.1, -0.05) is 34.6 Å². The van der Waals surface area contributed by atoms with Gasteiger partial charge in [-0.2, -0.15) is 0 Å². The van der Waals surface area contributed by atoms with Crippen LogP contribution in [0.1, 0.15) is 112 Å². The average molecular weight is 668 g/mol. The van der Waals surface area contributed by atoms with Crippen LogP contribution in [-0.4, -0.2) is 77.8 Å². The largest absolute Gasteiger partial charge is 0.480 e. The molecule has 48 heavy (non-hydrogen) atoms. The molecule has 3 radical (unpaired) electrons. The first kappa shape index (κ1) is 33.9. The van der Waals surface area contributed by atoms with E-state index in [0.717, 1.165) is 50.7 Å². The van der Waals surface area contributed by atoms with Crippen molar-refractivity contribution in [2.75, 3.05) is 26.2 Å². The van der Waals surface area contributed by atoms with E-state index < -0.39 is 18.1 Å². The van der Waals surface area contributed by atoms with Gasteiger partial charge in [-0.05, 0) is 116 Å². The number of rotatable bonds is 8. The summed E-state index contributed by atoms with van der Waals surface area (Å²) in [5.41, 5.74) is -0.0230. The predicted molar refractivity (Wildman–Crippen MR) is 178 cm³/mol. The van der Waals surface area contributed by atoms with Crippen LogP contribution in [0, 0.1) is 68.9 Å². The van der Waals surface area contributed by atoms with Gasteiger partial charge in [-0.25, -0.2) is 0 Å². The lowest BCUT2D eigenvalue weighted by atomic mass is 9.41. The highest BCUT2D eigenvalue weighted by Crippen LogP contribution is 2.90. The first-order chi connectivity index (χ1) is 22.7. The number of hydrogen-bond donors (Lipinski definition) is 3. The van der Waals surface area contributed by atoms with E-state index in [4.69, 9.17) is 14.2 Å². The van der Waals surface area contributed by atoms with Gasteiger partial charge in [0.15, 0.2) is 6.29 Å². The molecule has 3 N–H and O–H groups in total. The van der Waals surface area contributed by atoms with Crippen LogP contribution < -0.4 is 5.32 Å². The molecular formula is C39H59N2O7. The zero-order chi connectivity index (χ0) is 34.0. The highest BCUT2D eigenvalue weighted by molar-refractivity contribution is 5.76. The van der Waals surface area contributed by atoms with Crippen molar-refractivity contribution in [3.8, 4) is 0 Å². The van der Waals surface area contributed by atoms with Crippen molar-refractivity contribution >= 4 is 11.9 Å². The predicted octanol–water partition coefficient (Wildman–Crippen LogP) is 5.52. The standard InChI is InChI=1S/C39H59N2O7/c1-22-17-25(19-40-23(2)34(44)45)47-32-31(22)36(5)13-14-39-21-38(39)12-11-28(35(3,4)26(38)9-10-27(39)37(36,6)33(32)43)48-30-20-41(15-16-46-30)29(42)18-24-7-8-24/h22-24,26,28,30-31,33,40,43H,7-21H2,1-6H3,(H,44,45)/t22-,23+,26+,28?,30+,31+,33+,36-,37-,38-,39+/m1/s1. The molecule has 6 saturated carbocycles. The molecule has 8 aliphatic rings. The minimum Gasteiger partial charge on any atom is -0.480 e. The van der Waals surface area contributed by atoms with Crippen LogP contribution in [-0.2, 0) is 23.8 Å². The van der Waals surface area contributed by atoms with Gasteiger partial charge < -0.3 is 34.6 Å². The van der Waals surface area contributed by atoms with Crippen LogP contribution in [0.2, 0.25) is 0 Å². The van der Waals surface area contributed by atoms with Gasteiger partial charge >= 0.3 is 5.97 Å². The van der Waals surface area contributed by atoms with E-state index in [1.807, 2.05) is 4.90 Å². The highest BCUT2D eigenvalue weighted by atomic mass is 16.7. The summed E-state index contributed by atoms with van der Waals surface area (Å²) in [4.78, 5) is 26.3. The Morgan fingerprint density at radius 3 is 2.60 bits per heavy atom. The second-order valence-electron chi connectivity index (χ2n) is 18.4. The van der Waals surface area contributed by atoms with Crippen LogP contribution in [0.4, 0.5) is 0 Å². The molecule has 8 rings (SSSR count). The number of aliphatic carboxylic acids is 1. The third kappa shape index (κ3) is 4.71. The van der Waals surface area contributed by atoms with E-state index in [-0.39, 0.29) is 51.3 Å². The normalized spacial score (nSPS) is 47.7. The summed E-state index contributed by atoms with van der Waals surface area (Å²) in [6, 6.07) is -0.655. The molecule has 11 atom stereocenters. The Labute approximate surface area is 287 Å². The number of nitrogens with zero attached hydrogens (tertiary/aromatic N) is 1. The summed E-state index contributed by atoms with van der Waals surface area (Å²) < 4.78 is 19.6. The molecule has 2 saturated heterocycles. The summed E-state index contributed by atoms with van der Waals surface area (Å²) in [6.45, 7) is 15.7. The SMILES string of the molecule is C[C@H](NC[C]1C[C@@H](C)[C@H]2[C](O1)[C@H](O)[C@@]1(C)[C]3CC[C@H]4C(C)(C)C(O[C@H]5CN(C(=O)CC6CC6)CCO5)CC[C@@]45C[C@@]35CC[C@]21C)C(=O)O. The number of aliphatic hydroxyl groups is 1. The van der Waals surface area contributed by atoms with E-state index in [2.05, 4.69) is 39.9 Å². The maximum absolute atomic E-state index is 12.9. The molecular weight excluding hydrogens is 608 g/mol. The summed E-state index contributed by atoms with van der Waals surface area (Å²) in [5.74, 6) is 2.63. The van der Waals surface area contributed by atoms with Crippen molar-refractivity contribution in [2.24, 2.45) is 50.7 Å². The van der Waals surface area contributed by atoms with Crippen LogP contribution in [0.3, 0.4) is 0 Å². The van der Waals surface area contributed by atoms with Gasteiger partial charge in [0.2, 0.25) is 5.91 Å². The van der Waals surface area contributed by atoms with E-state index in [0.29, 0.717) is 50.4 Å². The molecule has 6 aliphatic carbocycles. The van der Waals surface area contributed by atoms with E-state index in [1.165, 1.54) is 25.7 Å². The Kier molecular flexibility index (Phi) is 8.02. The lowest BCUT2D eigenvalue weighted by Gasteiger charge is -2.63. The molecule has 9 nitrogen and oxygen atoms in total. The second-order valence-corrected chi connectivity index (χ2v) is 18.4. The number of morpholine rings is 1. The lowest BCUT2D eigenvalue weighted by Crippen LogP contribution is -2.59. The van der Waals surface area contributed by atoms with Crippen molar-refractivity contribution in [3.05, 3.63) is 18.1 Å². The Morgan fingerprint density at radius 1 is 1.10 bits per heavy atom. The zero-order valence-electron chi connectivity index (χ0n) is 30.1. The number of fused-ring (bicyclic) bond motifs is 4. The van der Waals surface area contributed by atoms with Gasteiger partial charge in [0.05, 0.1) is 25.4 Å². The van der Waals surface area contributed by atoms with Gasteiger partial charge in [0, 0.05) is 30.8 Å². The fourth-order valence-corrected chi connectivity index (χ4v) is 13.0. The monoisotopic (exact) mass is 667 g/mol. The molecule has 9 heteroatoms. The van der Waals surface area contributed by atoms with Crippen molar-refractivity contribution in [1.29, 1.82) is 0 Å². The zero-order valence-corrected chi connectivity index (χ0v) is 30.1. The Balaban J connectivity index is 0.981. The van der Waals surface area contributed by atoms with Gasteiger partial charge in [-0.15, -0.1) is 0 Å². The summed E-state index contributed by atoms with van der Waals surface area (Å²) in [5, 5.41) is 24.8. The molecule has 1 unspecified atom stereocenters. The fraction of sp³-hybridized carbons (Fsp3) is 0.872. The molecule has 0 aromatic heterocycles. The molecule has 0 bridgehead atoms. The van der Waals surface area contributed by atoms with Gasteiger partial charge in [-0.3, -0.25) is 9.59 Å². The number of nitrogens with one attached hydrogen (secondary N) is 1. The van der Waals surface area contributed by atoms with E-state index in [9.17, 15) is 19.8 Å². The molecule has 0 aromatic rings. The van der Waals surface area contributed by atoms with E-state index >= 15 is 0 Å². The average Bonchev–Trinajstić information content (AvgIpc) is 3.96. The van der Waals surface area contributed by atoms with Crippen molar-refractivity contribution in [3.63, 3.8) is 0 Å². The first-order valence-electron chi connectivity index (χ1n) is 19.1. The molecule has 2 spiro atoms. The van der Waals surface area contributed by atoms with Crippen molar-refractivity contribution in [2.45, 2.75) is 137 Å². The smallest absolute Gasteiger partial charge is 0.320 e. The Hall–Kier alpha value is -1.26. The maximum atomic E-state index is 12.9. The Morgan fingerprint density at radius 2 is 1.88 bits per heavy atom. The van der Waals surface area contributed by atoms with Crippen LogP contribution in [0.25, 0.3) is 0 Å². The number of hydrogen-bond acceptors (Lipinski definition) is 7. The first-order valence-corrected chi connectivity index (χ1v) is 19.1. The van der Waals surface area contributed by atoms with E-state index in [1.54, 1.807) is 12.8 Å². The Bertz CT molecular complexity index is 1300. The number of carboxylic acid groups (broad SMARTS) is 1. The maximum Gasteiger partial charge on any atom is 0.320 e. The van der Waals surface area contributed by atoms with Crippen LogP contribution >= 0.6 is 0 Å². The molecule has 1 amide bonds. The van der Waals surface area contributed by atoms with Crippen LogP contribution in [0.5, 0.6) is 0 Å². The highest BCUT2D eigenvalue weighted by Gasteiger charge is 2.85. The topological polar surface area (TPSA) is 118 Å². The molecule has 2 heterocycles. The minimum atomic E-state index is -0.874. The minimum absolute atomic E-state index is 0.0167. The molecule has 267 valence electrons. The fourth-order valence-electron chi connectivity index (χ4n) is 13.0. The third-order valence-corrected chi connectivity index (χ3v) is 15.9. The second kappa shape index (κ2) is 11.4. The molecule has 0 aromatic carbocycles. The number of ether oxygens (including phenoxy) is 3. The number of carboxylic acids is 1. The van der Waals surface area contributed by atoms with Crippen molar-refractivity contribution in [1.82, 2.24) is 10.2 Å². The van der Waals surface area contributed by atoms with Gasteiger partial charge in [0.25, 0.3) is 0 Å². The number of amides is 1. The molecule has 2 aliphatic heterocycles. The summed E-state index contributed by atoms with van der Waals surface area (Å²) in [7, 11) is 0. The number of carbonyl (C=O) groups excluding carboxylic acids is 1. The molecule has 8 fully saturated rings. The summed E-state index contributed by atoms with van der Waals surface area (Å²) >= 11 is 0. The van der Waals surface area contributed by atoms with Crippen LogP contribution in [0.15, 0.2) is 0 Å². The quantitative estimate of drug-likeness (QED) is 0.310. The number of aliphatic hydroxyl groups excluding tert-OH is 1. The summed E-state index contributed by atoms with van der Waals surface area (Å²) in [6.07, 6.45) is 12.4. The number of carbonyl (C=O) groups is 2. The van der Waals surface area contributed by atoms with Crippen molar-refractivity contribution < 1.29 is 34.0 Å². The van der Waals surface area contributed by atoms with Gasteiger partial charge in [0.1, 0.15) is 18.2 Å². The third-order valence-electron chi connectivity index (χ3n) is 15.9.